The molecule has 0 spiro atoms. The Balaban J connectivity index is 1.45. The van der Waals surface area contributed by atoms with E-state index in [9.17, 15) is 4.79 Å². The number of fused-ring (bicyclic) bond motifs is 1. The molecule has 218 valence electrons. The minimum atomic E-state index is -0.490. The van der Waals surface area contributed by atoms with Crippen LogP contribution in [0.3, 0.4) is 0 Å². The van der Waals surface area contributed by atoms with Gasteiger partial charge in [-0.15, -0.1) is 5.10 Å². The first-order valence-electron chi connectivity index (χ1n) is 14.1. The first-order chi connectivity index (χ1) is 20.3. The molecule has 2 N–H and O–H groups in total. The lowest BCUT2D eigenvalue weighted by Gasteiger charge is -2.29. The number of para-hydroxylation sites is 2. The molecule has 9 heteroatoms. The Bertz CT molecular complexity index is 1630. The van der Waals surface area contributed by atoms with Gasteiger partial charge in [-0.05, 0) is 86.2 Å². The molecule has 0 saturated heterocycles. The van der Waals surface area contributed by atoms with Crippen LogP contribution in [0.25, 0.3) is 0 Å². The van der Waals surface area contributed by atoms with Gasteiger partial charge in [0.2, 0.25) is 11.1 Å². The van der Waals surface area contributed by atoms with Crippen molar-refractivity contribution in [3.8, 4) is 11.5 Å². The van der Waals surface area contributed by atoms with Crippen LogP contribution in [0, 0.1) is 20.8 Å². The Morgan fingerprint density at radius 2 is 1.76 bits per heavy atom. The summed E-state index contributed by atoms with van der Waals surface area (Å²) in [5.41, 5.74) is 7.66. The molecule has 1 aliphatic heterocycles. The summed E-state index contributed by atoms with van der Waals surface area (Å²) in [5, 5.41) is 11.8. The quantitative estimate of drug-likeness (QED) is 0.191. The SMILES string of the molecule is CCCSc1nc2n(n1)C(c1ccc(OCc3cc(C)c(C)cc3C)cc1)C(C(=O)Nc1ccccc1OC)=C(C)N2. The average molecular weight is 584 g/mol. The third kappa shape index (κ3) is 6.16. The number of thioether (sulfide) groups is 1. The molecule has 8 nitrogen and oxygen atoms in total. The van der Waals surface area contributed by atoms with Crippen molar-refractivity contribution in [3.63, 3.8) is 0 Å². The Kier molecular flexibility index (Phi) is 8.87. The first-order valence-corrected chi connectivity index (χ1v) is 15.1. The number of benzene rings is 3. The van der Waals surface area contributed by atoms with Crippen LogP contribution in [0.4, 0.5) is 11.6 Å². The molecule has 2 heterocycles. The number of ether oxygens (including phenoxy) is 2. The predicted molar refractivity (Wildman–Crippen MR) is 169 cm³/mol. The highest BCUT2D eigenvalue weighted by molar-refractivity contribution is 7.99. The predicted octanol–water partition coefficient (Wildman–Crippen LogP) is 7.22. The number of carbonyl (C=O) groups is 1. The van der Waals surface area contributed by atoms with E-state index in [4.69, 9.17) is 19.6 Å². The number of hydrogen-bond acceptors (Lipinski definition) is 7. The van der Waals surface area contributed by atoms with Crippen LogP contribution >= 0.6 is 11.8 Å². The van der Waals surface area contributed by atoms with Crippen LogP contribution in [0.1, 0.15) is 54.1 Å². The van der Waals surface area contributed by atoms with Crippen LogP contribution < -0.4 is 20.1 Å². The van der Waals surface area contributed by atoms with Crippen molar-refractivity contribution in [2.24, 2.45) is 0 Å². The van der Waals surface area contributed by atoms with Crippen LogP contribution in [-0.4, -0.2) is 33.5 Å². The molecule has 1 aromatic heterocycles. The molecule has 1 atom stereocenters. The third-order valence-electron chi connectivity index (χ3n) is 7.41. The normalized spacial score (nSPS) is 14.3. The van der Waals surface area contributed by atoms with Gasteiger partial charge in [-0.1, -0.05) is 55.1 Å². The maximum absolute atomic E-state index is 13.9. The summed E-state index contributed by atoms with van der Waals surface area (Å²) in [6.45, 7) is 10.9. The van der Waals surface area contributed by atoms with Crippen molar-refractivity contribution in [3.05, 3.63) is 99.8 Å². The van der Waals surface area contributed by atoms with E-state index in [2.05, 4.69) is 50.5 Å². The Morgan fingerprint density at radius 1 is 1.02 bits per heavy atom. The first kappa shape index (κ1) is 29.3. The fraction of sp³-hybridized carbons (Fsp3) is 0.303. The number of amides is 1. The van der Waals surface area contributed by atoms with E-state index in [1.54, 1.807) is 23.6 Å². The van der Waals surface area contributed by atoms with Crippen LogP contribution in [0.2, 0.25) is 0 Å². The van der Waals surface area contributed by atoms with Crippen LogP contribution in [0.5, 0.6) is 11.5 Å². The molecule has 5 rings (SSSR count). The van der Waals surface area contributed by atoms with Crippen molar-refractivity contribution in [1.82, 2.24) is 14.8 Å². The van der Waals surface area contributed by atoms with Crippen molar-refractivity contribution in [1.29, 1.82) is 0 Å². The number of methoxy groups -OCH3 is 1. The summed E-state index contributed by atoms with van der Waals surface area (Å²) in [4.78, 5) is 18.6. The number of rotatable bonds is 10. The number of allylic oxidation sites excluding steroid dienone is 1. The van der Waals surface area contributed by atoms with E-state index in [0.717, 1.165) is 23.5 Å². The minimum absolute atomic E-state index is 0.246. The summed E-state index contributed by atoms with van der Waals surface area (Å²) >= 11 is 1.60. The number of aryl methyl sites for hydroxylation is 3. The van der Waals surface area contributed by atoms with E-state index in [1.165, 1.54) is 22.3 Å². The van der Waals surface area contributed by atoms with Gasteiger partial charge in [0.05, 0.1) is 18.4 Å². The summed E-state index contributed by atoms with van der Waals surface area (Å²) in [5.74, 6) is 2.61. The summed E-state index contributed by atoms with van der Waals surface area (Å²) in [6.07, 6.45) is 1.01. The van der Waals surface area contributed by atoms with E-state index in [0.29, 0.717) is 40.4 Å². The van der Waals surface area contributed by atoms with Crippen LogP contribution in [-0.2, 0) is 11.4 Å². The summed E-state index contributed by atoms with van der Waals surface area (Å²) in [7, 11) is 1.59. The molecule has 42 heavy (non-hydrogen) atoms. The largest absolute Gasteiger partial charge is 0.495 e. The second-order valence-corrected chi connectivity index (χ2v) is 11.5. The van der Waals surface area contributed by atoms with Crippen molar-refractivity contribution >= 4 is 29.3 Å². The molecular weight excluding hydrogens is 546 g/mol. The monoisotopic (exact) mass is 583 g/mol. The number of hydrogen-bond donors (Lipinski definition) is 2. The third-order valence-corrected chi connectivity index (χ3v) is 8.45. The van der Waals surface area contributed by atoms with Crippen molar-refractivity contribution in [2.75, 3.05) is 23.5 Å². The van der Waals surface area contributed by atoms with Gasteiger partial charge in [-0.25, -0.2) is 4.68 Å². The Labute approximate surface area is 251 Å². The molecule has 4 aromatic rings. The topological polar surface area (TPSA) is 90.3 Å². The molecule has 1 unspecified atom stereocenters. The van der Waals surface area contributed by atoms with Gasteiger partial charge in [0, 0.05) is 11.4 Å². The van der Waals surface area contributed by atoms with Crippen LogP contribution in [0.15, 0.2) is 77.1 Å². The van der Waals surface area contributed by atoms with Gasteiger partial charge in [-0.3, -0.25) is 4.79 Å². The summed E-state index contributed by atoms with van der Waals surface area (Å²) in [6, 6.07) is 19.1. The van der Waals surface area contributed by atoms with Gasteiger partial charge in [0.1, 0.15) is 24.1 Å². The molecule has 0 saturated carbocycles. The highest BCUT2D eigenvalue weighted by atomic mass is 32.2. The van der Waals surface area contributed by atoms with Gasteiger partial charge in [0.15, 0.2) is 0 Å². The van der Waals surface area contributed by atoms with Gasteiger partial charge >= 0.3 is 0 Å². The summed E-state index contributed by atoms with van der Waals surface area (Å²) < 4.78 is 13.4. The smallest absolute Gasteiger partial charge is 0.255 e. The zero-order valence-corrected chi connectivity index (χ0v) is 25.8. The zero-order valence-electron chi connectivity index (χ0n) is 24.9. The molecule has 0 fully saturated rings. The van der Waals surface area contributed by atoms with Crippen molar-refractivity contribution in [2.45, 2.75) is 58.8 Å². The number of anilines is 2. The van der Waals surface area contributed by atoms with E-state index in [1.807, 2.05) is 55.5 Å². The minimum Gasteiger partial charge on any atom is -0.495 e. The molecule has 1 aliphatic rings. The van der Waals surface area contributed by atoms with Gasteiger partial charge < -0.3 is 20.1 Å². The zero-order chi connectivity index (χ0) is 29.8. The number of nitrogens with zero attached hydrogens (tertiary/aromatic N) is 3. The maximum Gasteiger partial charge on any atom is 0.255 e. The molecular formula is C33H37N5O3S. The Hall–Kier alpha value is -4.24. The standard InChI is InChI=1S/C33H37N5O3S/c1-7-16-42-33-36-32-34-23(5)29(31(39)35-27-10-8-9-11-28(27)40-6)30(38(32)37-33)24-12-14-26(15-13-24)41-19-25-18-21(3)20(2)17-22(25)4/h8-15,17-18,30H,7,16,19H2,1-6H3,(H,35,39)(H,34,36,37). The lowest BCUT2D eigenvalue weighted by atomic mass is 9.95. The molecule has 0 aliphatic carbocycles. The van der Waals surface area contributed by atoms with E-state index < -0.39 is 6.04 Å². The highest BCUT2D eigenvalue weighted by Crippen LogP contribution is 2.38. The number of carbonyl (C=O) groups excluding carboxylic acids is 1. The molecule has 0 bridgehead atoms. The maximum atomic E-state index is 13.9. The number of nitrogens with one attached hydrogen (secondary N) is 2. The number of aromatic nitrogens is 3. The fourth-order valence-electron chi connectivity index (χ4n) is 5.01. The fourth-order valence-corrected chi connectivity index (χ4v) is 5.69. The lowest BCUT2D eigenvalue weighted by molar-refractivity contribution is -0.113. The van der Waals surface area contributed by atoms with Crippen molar-refractivity contribution < 1.29 is 14.3 Å². The second-order valence-electron chi connectivity index (χ2n) is 10.5. The van der Waals surface area contributed by atoms with Gasteiger partial charge in [-0.2, -0.15) is 4.98 Å². The average Bonchev–Trinajstić information content (AvgIpc) is 3.39. The second kappa shape index (κ2) is 12.7. The highest BCUT2D eigenvalue weighted by Gasteiger charge is 2.34. The lowest BCUT2D eigenvalue weighted by Crippen LogP contribution is -2.31. The van der Waals surface area contributed by atoms with E-state index in [-0.39, 0.29) is 5.91 Å². The Morgan fingerprint density at radius 3 is 2.50 bits per heavy atom. The molecule has 1 amide bonds. The molecule has 3 aromatic carbocycles. The molecule has 0 radical (unpaired) electrons. The van der Waals surface area contributed by atoms with Gasteiger partial charge in [0.25, 0.3) is 5.91 Å². The van der Waals surface area contributed by atoms with E-state index >= 15 is 0 Å².